The minimum atomic E-state index is 0.337. The van der Waals surface area contributed by atoms with Crippen molar-refractivity contribution in [2.45, 2.75) is 24.8 Å². The summed E-state index contributed by atoms with van der Waals surface area (Å²) in [6, 6.07) is 6.78. The zero-order chi connectivity index (χ0) is 13.4. The fourth-order valence-corrected chi connectivity index (χ4v) is 5.09. The highest BCUT2D eigenvalue weighted by Crippen LogP contribution is 2.44. The number of nitrogens with zero attached hydrogens (tertiary/aromatic N) is 1. The lowest BCUT2D eigenvalue weighted by Crippen LogP contribution is -2.22. The molecule has 0 fully saturated rings. The van der Waals surface area contributed by atoms with Gasteiger partial charge in [-0.1, -0.05) is 6.07 Å². The molecule has 1 aliphatic carbocycles. The Balaban J connectivity index is 1.96. The van der Waals surface area contributed by atoms with Crippen molar-refractivity contribution in [2.24, 2.45) is 0 Å². The molecule has 0 aliphatic heterocycles. The Morgan fingerprint density at radius 3 is 3.00 bits per heavy atom. The average molecular weight is 402 g/mol. The molecule has 1 N–H and O–H groups in total. The highest BCUT2D eigenvalue weighted by Gasteiger charge is 2.32. The van der Waals surface area contributed by atoms with Crippen LogP contribution in [-0.2, 0) is 6.42 Å². The van der Waals surface area contributed by atoms with E-state index in [9.17, 15) is 0 Å². The molecule has 0 saturated carbocycles. The second-order valence-electron chi connectivity index (χ2n) is 4.73. The number of halogens is 2. The SMILES string of the molecule is CNC(c1cc(Br)c(Br)s1)C1CCc2cccnc21. The van der Waals surface area contributed by atoms with Crippen LogP contribution in [0.3, 0.4) is 0 Å². The van der Waals surface area contributed by atoms with Gasteiger partial charge in [0.25, 0.3) is 0 Å². The molecular weight excluding hydrogens is 388 g/mol. The third-order valence-electron chi connectivity index (χ3n) is 3.69. The fourth-order valence-electron chi connectivity index (χ4n) is 2.83. The van der Waals surface area contributed by atoms with E-state index in [1.54, 1.807) is 11.3 Å². The number of hydrogen-bond donors (Lipinski definition) is 1. The van der Waals surface area contributed by atoms with Crippen LogP contribution in [0.2, 0.25) is 0 Å². The molecule has 1 aliphatic rings. The number of thiophene rings is 1. The molecule has 0 bridgehead atoms. The lowest BCUT2D eigenvalue weighted by molar-refractivity contribution is 0.476. The van der Waals surface area contributed by atoms with Crippen molar-refractivity contribution in [3.05, 3.63) is 48.8 Å². The van der Waals surface area contributed by atoms with Gasteiger partial charge in [-0.05, 0) is 69.4 Å². The maximum absolute atomic E-state index is 4.61. The first kappa shape index (κ1) is 13.7. The van der Waals surface area contributed by atoms with Crippen molar-refractivity contribution >= 4 is 43.2 Å². The van der Waals surface area contributed by atoms with E-state index in [2.05, 4.69) is 54.3 Å². The Bertz CT molecular complexity index is 577. The van der Waals surface area contributed by atoms with Crippen LogP contribution in [0.4, 0.5) is 0 Å². The van der Waals surface area contributed by atoms with Crippen LogP contribution in [0.1, 0.15) is 34.5 Å². The molecule has 100 valence electrons. The predicted octanol–water partition coefficient (Wildman–Crippen LogP) is 4.66. The lowest BCUT2D eigenvalue weighted by Gasteiger charge is -2.22. The van der Waals surface area contributed by atoms with Crippen molar-refractivity contribution < 1.29 is 0 Å². The topological polar surface area (TPSA) is 24.9 Å². The Morgan fingerprint density at radius 2 is 2.32 bits per heavy atom. The van der Waals surface area contributed by atoms with Crippen LogP contribution in [-0.4, -0.2) is 12.0 Å². The minimum absolute atomic E-state index is 0.337. The van der Waals surface area contributed by atoms with Crippen molar-refractivity contribution in [2.75, 3.05) is 7.05 Å². The summed E-state index contributed by atoms with van der Waals surface area (Å²) in [6.45, 7) is 0. The van der Waals surface area contributed by atoms with Crippen LogP contribution >= 0.6 is 43.2 Å². The van der Waals surface area contributed by atoms with Crippen molar-refractivity contribution in [1.29, 1.82) is 0 Å². The molecule has 0 saturated heterocycles. The largest absolute Gasteiger partial charge is 0.312 e. The summed E-state index contributed by atoms with van der Waals surface area (Å²) in [5.41, 5.74) is 2.67. The molecule has 2 atom stereocenters. The van der Waals surface area contributed by atoms with Gasteiger partial charge in [0.05, 0.1) is 3.79 Å². The third-order valence-corrected chi connectivity index (χ3v) is 7.03. The number of pyridine rings is 1. The quantitative estimate of drug-likeness (QED) is 0.808. The van der Waals surface area contributed by atoms with Crippen molar-refractivity contribution in [3.8, 4) is 0 Å². The minimum Gasteiger partial charge on any atom is -0.312 e. The lowest BCUT2D eigenvalue weighted by atomic mass is 9.96. The van der Waals surface area contributed by atoms with Gasteiger partial charge in [0, 0.05) is 33.2 Å². The summed E-state index contributed by atoms with van der Waals surface area (Å²) in [4.78, 5) is 5.96. The van der Waals surface area contributed by atoms with Gasteiger partial charge in [-0.15, -0.1) is 11.3 Å². The number of rotatable bonds is 3. The molecule has 2 aromatic heterocycles. The number of nitrogens with one attached hydrogen (secondary N) is 1. The van der Waals surface area contributed by atoms with Crippen molar-refractivity contribution in [1.82, 2.24) is 10.3 Å². The molecule has 2 unspecified atom stereocenters. The second kappa shape index (κ2) is 5.64. The average Bonchev–Trinajstić information content (AvgIpc) is 2.97. The highest BCUT2D eigenvalue weighted by molar-refractivity contribution is 9.13. The highest BCUT2D eigenvalue weighted by atomic mass is 79.9. The number of hydrogen-bond acceptors (Lipinski definition) is 3. The van der Waals surface area contributed by atoms with Crippen molar-refractivity contribution in [3.63, 3.8) is 0 Å². The van der Waals surface area contributed by atoms with E-state index in [4.69, 9.17) is 0 Å². The number of fused-ring (bicyclic) bond motifs is 1. The van der Waals surface area contributed by atoms with Gasteiger partial charge in [0.1, 0.15) is 0 Å². The Kier molecular flexibility index (Phi) is 4.08. The first-order chi connectivity index (χ1) is 9.20. The summed E-state index contributed by atoms with van der Waals surface area (Å²) < 4.78 is 2.29. The van der Waals surface area contributed by atoms with Gasteiger partial charge in [-0.2, -0.15) is 0 Å². The Hall–Kier alpha value is -0.230. The summed E-state index contributed by atoms with van der Waals surface area (Å²) in [5.74, 6) is 0.471. The zero-order valence-electron chi connectivity index (χ0n) is 10.5. The van der Waals surface area contributed by atoms with E-state index in [0.717, 1.165) is 14.7 Å². The molecule has 2 heterocycles. The van der Waals surface area contributed by atoms with Gasteiger partial charge < -0.3 is 5.32 Å². The smallest absolute Gasteiger partial charge is 0.0843 e. The third kappa shape index (κ3) is 2.53. The molecule has 19 heavy (non-hydrogen) atoms. The van der Waals surface area contributed by atoms with E-state index in [0.29, 0.717) is 12.0 Å². The van der Waals surface area contributed by atoms with E-state index in [1.807, 2.05) is 19.3 Å². The first-order valence-corrected chi connectivity index (χ1v) is 8.66. The normalized spacial score (nSPS) is 19.4. The van der Waals surface area contributed by atoms with E-state index in [1.165, 1.54) is 22.6 Å². The van der Waals surface area contributed by atoms with E-state index < -0.39 is 0 Å². The predicted molar refractivity (Wildman–Crippen MR) is 86.8 cm³/mol. The maximum Gasteiger partial charge on any atom is 0.0843 e. The van der Waals surface area contributed by atoms with Crippen LogP contribution in [0.5, 0.6) is 0 Å². The number of aromatic nitrogens is 1. The second-order valence-corrected chi connectivity index (χ2v) is 7.99. The summed E-state index contributed by atoms with van der Waals surface area (Å²) in [7, 11) is 2.03. The molecular formula is C14H14Br2N2S. The van der Waals surface area contributed by atoms with E-state index in [-0.39, 0.29) is 0 Å². The van der Waals surface area contributed by atoms with Gasteiger partial charge in [-0.25, -0.2) is 0 Å². The summed E-state index contributed by atoms with van der Waals surface area (Å²) >= 11 is 8.94. The Morgan fingerprint density at radius 1 is 1.47 bits per heavy atom. The van der Waals surface area contributed by atoms with Crippen LogP contribution in [0, 0.1) is 0 Å². The summed E-state index contributed by atoms with van der Waals surface area (Å²) in [5, 5.41) is 3.47. The maximum atomic E-state index is 4.61. The van der Waals surface area contributed by atoms with Crippen LogP contribution in [0.25, 0.3) is 0 Å². The van der Waals surface area contributed by atoms with Gasteiger partial charge in [0.2, 0.25) is 0 Å². The standard InChI is InChI=1S/C14H14Br2N2S/c1-17-13(11-7-10(15)14(16)19-11)9-5-4-8-3-2-6-18-12(8)9/h2-3,6-7,9,13,17H,4-5H2,1H3. The molecule has 0 spiro atoms. The Labute approximate surface area is 133 Å². The summed E-state index contributed by atoms with van der Waals surface area (Å²) in [6.07, 6.45) is 4.22. The van der Waals surface area contributed by atoms with E-state index >= 15 is 0 Å². The van der Waals surface area contributed by atoms with Crippen LogP contribution in [0.15, 0.2) is 32.7 Å². The molecule has 5 heteroatoms. The molecule has 3 rings (SSSR count). The van der Waals surface area contributed by atoms with Gasteiger partial charge >= 0.3 is 0 Å². The molecule has 0 radical (unpaired) electrons. The number of likely N-dealkylation sites (N-methyl/N-ethyl adjacent to an activating group) is 1. The number of aryl methyl sites for hydroxylation is 1. The van der Waals surface area contributed by atoms with Crippen LogP contribution < -0.4 is 5.32 Å². The van der Waals surface area contributed by atoms with Gasteiger partial charge in [-0.3, -0.25) is 4.98 Å². The molecule has 0 aromatic carbocycles. The van der Waals surface area contributed by atoms with Gasteiger partial charge in [0.15, 0.2) is 0 Å². The first-order valence-electron chi connectivity index (χ1n) is 6.26. The molecule has 0 amide bonds. The molecule has 2 nitrogen and oxygen atoms in total. The molecule has 2 aromatic rings. The fraction of sp³-hybridized carbons (Fsp3) is 0.357. The monoisotopic (exact) mass is 400 g/mol. The zero-order valence-corrected chi connectivity index (χ0v) is 14.5.